The predicted molar refractivity (Wildman–Crippen MR) is 271 cm³/mol. The zero-order chi connectivity index (χ0) is 54.6. The Kier molecular flexibility index (Phi) is 21.5. The highest BCUT2D eigenvalue weighted by molar-refractivity contribution is 6.32. The number of aryl methyl sites for hydroxylation is 1. The molecule has 0 unspecified atom stereocenters. The smallest absolute Gasteiger partial charge is 0.337 e. The van der Waals surface area contributed by atoms with E-state index in [4.69, 9.17) is 52.7 Å². The van der Waals surface area contributed by atoms with Crippen molar-refractivity contribution in [3.63, 3.8) is 0 Å². The fourth-order valence-electron chi connectivity index (χ4n) is 6.31. The SMILES string of the molecule is CC(=O)c1cc(Cl)c(C)cc1OCC(=O)Nc1ccccc1C(=O)O.CC(=O)c1cc(F)ccc1OCC(=O)Nc1ccccc1C(=O)O.CCC(=O)c1cc(Cl)ccc1OCC(=O)Nc1ccccc1C(=O)O. The zero-order valence-electron chi connectivity index (χ0n) is 39.7. The molecule has 0 radical (unpaired) electrons. The summed E-state index contributed by atoms with van der Waals surface area (Å²) in [5, 5.41) is 35.5. The molecule has 6 aromatic carbocycles. The molecule has 0 bridgehead atoms. The van der Waals surface area contributed by atoms with Crippen molar-refractivity contribution < 1.29 is 77.1 Å². The quantitative estimate of drug-likeness (QED) is 0.0412. The molecule has 384 valence electrons. The van der Waals surface area contributed by atoms with Crippen molar-refractivity contribution in [3.05, 3.63) is 176 Å². The number of anilines is 3. The summed E-state index contributed by atoms with van der Waals surface area (Å²) in [5.74, 6) is -5.99. The number of aromatic carboxylic acids is 3. The molecule has 0 heterocycles. The number of para-hydroxylation sites is 3. The second-order valence-corrected chi connectivity index (χ2v) is 16.2. The minimum absolute atomic E-state index is 0.0220. The average molecular weight is 1050 g/mol. The molecule has 0 saturated heterocycles. The van der Waals surface area contributed by atoms with E-state index in [-0.39, 0.29) is 93.3 Å². The van der Waals surface area contributed by atoms with Crippen molar-refractivity contribution >= 4 is 93.2 Å². The van der Waals surface area contributed by atoms with E-state index in [9.17, 15) is 47.5 Å². The number of ketones is 3. The Morgan fingerprint density at radius 1 is 0.486 bits per heavy atom. The predicted octanol–water partition coefficient (Wildman–Crippen LogP) is 9.96. The number of rotatable bonds is 19. The Morgan fingerprint density at radius 2 is 0.865 bits per heavy atom. The summed E-state index contributed by atoms with van der Waals surface area (Å²) in [5.41, 5.74) is 1.66. The van der Waals surface area contributed by atoms with Gasteiger partial charge in [-0.05, 0) is 111 Å². The maximum atomic E-state index is 13.2. The molecule has 0 aliphatic heterocycles. The molecule has 0 aromatic heterocycles. The Morgan fingerprint density at radius 3 is 1.27 bits per heavy atom. The van der Waals surface area contributed by atoms with Crippen LogP contribution in [0.25, 0.3) is 0 Å². The Hall–Kier alpha value is -8.94. The third-order valence-electron chi connectivity index (χ3n) is 9.90. The third-order valence-corrected chi connectivity index (χ3v) is 10.5. The highest BCUT2D eigenvalue weighted by atomic mass is 35.5. The van der Waals surface area contributed by atoms with E-state index in [1.54, 1.807) is 56.3 Å². The van der Waals surface area contributed by atoms with Crippen LogP contribution in [0, 0.1) is 12.7 Å². The number of halogens is 3. The number of ether oxygens (including phenoxy) is 3. The molecule has 3 amide bonds. The van der Waals surface area contributed by atoms with E-state index in [2.05, 4.69) is 16.0 Å². The van der Waals surface area contributed by atoms with Crippen molar-refractivity contribution in [2.45, 2.75) is 34.1 Å². The van der Waals surface area contributed by atoms with Crippen molar-refractivity contribution in [3.8, 4) is 17.2 Å². The molecule has 0 aliphatic rings. The maximum Gasteiger partial charge on any atom is 0.337 e. The van der Waals surface area contributed by atoms with E-state index >= 15 is 0 Å². The summed E-state index contributed by atoms with van der Waals surface area (Å²) < 4.78 is 29.3. The number of hydrogen-bond donors (Lipinski definition) is 6. The van der Waals surface area contributed by atoms with Crippen LogP contribution in [0.2, 0.25) is 10.0 Å². The Labute approximate surface area is 432 Å². The lowest BCUT2D eigenvalue weighted by Crippen LogP contribution is -2.22. The van der Waals surface area contributed by atoms with Crippen molar-refractivity contribution in [2.24, 2.45) is 0 Å². The minimum Gasteiger partial charge on any atom is -0.483 e. The van der Waals surface area contributed by atoms with Gasteiger partial charge in [-0.3, -0.25) is 28.8 Å². The van der Waals surface area contributed by atoms with Gasteiger partial charge in [0.25, 0.3) is 17.7 Å². The number of carboxylic acid groups (broad SMARTS) is 3. The number of Topliss-reactive ketones (excluding diaryl/α,β-unsaturated/α-hetero) is 3. The fraction of sp³-hybridized carbons (Fsp3) is 0.151. The van der Waals surface area contributed by atoms with Crippen LogP contribution < -0.4 is 30.2 Å². The molecule has 0 aliphatic carbocycles. The van der Waals surface area contributed by atoms with Gasteiger partial charge in [-0.2, -0.15) is 0 Å². The maximum absolute atomic E-state index is 13.2. The third kappa shape index (κ3) is 17.1. The molecule has 0 fully saturated rings. The van der Waals surface area contributed by atoms with Crippen LogP contribution in [0.4, 0.5) is 21.5 Å². The van der Waals surface area contributed by atoms with E-state index in [0.717, 1.165) is 12.1 Å². The fourth-order valence-corrected chi connectivity index (χ4v) is 6.65. The van der Waals surface area contributed by atoms with Gasteiger partial charge < -0.3 is 45.5 Å². The highest BCUT2D eigenvalue weighted by Crippen LogP contribution is 2.28. The standard InChI is InChI=1S/2C18H16ClNO5.C17H14FNO5/c1-10-7-16(13(11(2)21)8-14(10)19)25-9-17(22)20-15-6-4-3-5-12(15)18(23)24;1-2-15(21)13-9-11(19)7-8-16(13)25-10-17(22)20-14-6-4-3-5-12(14)18(23)24;1-10(20)13-8-11(18)6-7-15(13)24-9-16(21)19-14-5-3-2-4-12(14)17(22)23/h3-8H,9H2,1-2H3,(H,20,22)(H,23,24);3-9H,2,10H2,1H3,(H,20,22)(H,23,24);2-8H,9H2,1H3,(H,19,21)(H,22,23). The normalized spacial score (nSPS) is 10.1. The van der Waals surface area contributed by atoms with Gasteiger partial charge in [0.15, 0.2) is 37.2 Å². The van der Waals surface area contributed by atoms with E-state index < -0.39 is 53.8 Å². The molecule has 6 aromatic rings. The topological polar surface area (TPSA) is 278 Å². The van der Waals surface area contributed by atoms with Gasteiger partial charge in [0, 0.05) is 16.5 Å². The first-order chi connectivity index (χ1) is 35.1. The van der Waals surface area contributed by atoms with Crippen LogP contribution in [-0.4, -0.2) is 88.1 Å². The first-order valence-corrected chi connectivity index (χ1v) is 22.5. The zero-order valence-corrected chi connectivity index (χ0v) is 41.3. The second-order valence-electron chi connectivity index (χ2n) is 15.3. The number of amides is 3. The van der Waals surface area contributed by atoms with E-state index in [1.807, 2.05) is 0 Å². The summed E-state index contributed by atoms with van der Waals surface area (Å²) in [6, 6.07) is 29.0. The van der Waals surface area contributed by atoms with Crippen LogP contribution in [0.3, 0.4) is 0 Å². The number of nitrogens with one attached hydrogen (secondary N) is 3. The first-order valence-electron chi connectivity index (χ1n) is 21.8. The number of benzene rings is 6. The summed E-state index contributed by atoms with van der Waals surface area (Å²) in [6.07, 6.45) is 0.273. The second kappa shape index (κ2) is 27.6. The average Bonchev–Trinajstić information content (AvgIpc) is 3.36. The molecular weight excluding hydrogens is 1010 g/mol. The molecule has 74 heavy (non-hydrogen) atoms. The largest absolute Gasteiger partial charge is 0.483 e. The molecular formula is C53H46Cl2FN3O15. The van der Waals surface area contributed by atoms with Gasteiger partial charge in [0.2, 0.25) is 0 Å². The molecule has 0 atom stereocenters. The van der Waals surface area contributed by atoms with Crippen LogP contribution >= 0.6 is 23.2 Å². The highest BCUT2D eigenvalue weighted by Gasteiger charge is 2.19. The van der Waals surface area contributed by atoms with Crippen molar-refractivity contribution in [2.75, 3.05) is 35.8 Å². The van der Waals surface area contributed by atoms with Gasteiger partial charge in [0.1, 0.15) is 23.1 Å². The Bertz CT molecular complexity index is 3130. The summed E-state index contributed by atoms with van der Waals surface area (Å²) in [4.78, 5) is 104. The van der Waals surface area contributed by atoms with Crippen LogP contribution in [0.1, 0.15) is 94.9 Å². The molecule has 6 N–H and O–H groups in total. The first kappa shape index (κ1) is 57.6. The molecule has 0 saturated carbocycles. The van der Waals surface area contributed by atoms with Crippen LogP contribution in [0.15, 0.2) is 121 Å². The van der Waals surface area contributed by atoms with Gasteiger partial charge in [-0.15, -0.1) is 0 Å². The summed E-state index contributed by atoms with van der Waals surface area (Å²) in [7, 11) is 0. The molecule has 21 heteroatoms. The van der Waals surface area contributed by atoms with Gasteiger partial charge in [0.05, 0.1) is 50.4 Å². The van der Waals surface area contributed by atoms with Gasteiger partial charge in [-0.25, -0.2) is 18.8 Å². The number of hydrogen-bond acceptors (Lipinski definition) is 12. The summed E-state index contributed by atoms with van der Waals surface area (Å²) >= 11 is 11.9. The van der Waals surface area contributed by atoms with E-state index in [1.165, 1.54) is 80.6 Å². The lowest BCUT2D eigenvalue weighted by Gasteiger charge is -2.13. The van der Waals surface area contributed by atoms with E-state index in [0.29, 0.717) is 21.2 Å². The lowest BCUT2D eigenvalue weighted by atomic mass is 10.1. The minimum atomic E-state index is -1.18. The molecule has 6 rings (SSSR count). The molecule has 0 spiro atoms. The van der Waals surface area contributed by atoms with Crippen molar-refractivity contribution in [1.82, 2.24) is 0 Å². The number of carboxylic acids is 3. The Balaban J connectivity index is 0.000000240. The van der Waals surface area contributed by atoms with Gasteiger partial charge in [-0.1, -0.05) is 66.5 Å². The number of carbonyl (C=O) groups is 9. The van der Waals surface area contributed by atoms with Crippen LogP contribution in [0.5, 0.6) is 17.2 Å². The lowest BCUT2D eigenvalue weighted by molar-refractivity contribution is -0.118. The molecule has 18 nitrogen and oxygen atoms in total. The summed E-state index contributed by atoms with van der Waals surface area (Å²) in [6.45, 7) is 4.88. The monoisotopic (exact) mass is 1050 g/mol. The number of carbonyl (C=O) groups excluding carboxylic acids is 6. The van der Waals surface area contributed by atoms with Gasteiger partial charge >= 0.3 is 17.9 Å². The van der Waals surface area contributed by atoms with Crippen LogP contribution in [-0.2, 0) is 14.4 Å². The van der Waals surface area contributed by atoms with Crippen molar-refractivity contribution in [1.29, 1.82) is 0 Å².